The van der Waals surface area contributed by atoms with Crippen molar-refractivity contribution in [2.45, 2.75) is 0 Å². The summed E-state index contributed by atoms with van der Waals surface area (Å²) in [6, 6.07) is 9.77. The Morgan fingerprint density at radius 1 is 1.25 bits per heavy atom. The van der Waals surface area contributed by atoms with E-state index < -0.39 is 0 Å². The van der Waals surface area contributed by atoms with Gasteiger partial charge in [0.25, 0.3) is 0 Å². The Labute approximate surface area is 102 Å². The molecule has 0 atom stereocenters. The number of nitrogens with zero attached hydrogens (tertiary/aromatic N) is 2. The molecule has 0 saturated heterocycles. The number of hydrogen-bond donors (Lipinski definition) is 1. The predicted molar refractivity (Wildman–Crippen MR) is 68.7 cm³/mol. The van der Waals surface area contributed by atoms with E-state index in [2.05, 4.69) is 32.5 Å². The monoisotopic (exact) mass is 275 g/mol. The molecule has 0 aliphatic heterocycles. The van der Waals surface area contributed by atoms with Crippen molar-refractivity contribution in [1.82, 2.24) is 9.97 Å². The Kier molecular flexibility index (Phi) is 3.01. The Morgan fingerprint density at radius 2 is 1.94 bits per heavy atom. The van der Waals surface area contributed by atoms with Crippen LogP contribution in [0.25, 0.3) is 5.57 Å². The van der Waals surface area contributed by atoms with Gasteiger partial charge in [-0.25, -0.2) is 9.97 Å². The third-order valence-corrected chi connectivity index (χ3v) is 2.56. The van der Waals surface area contributed by atoms with Crippen LogP contribution < -0.4 is 5.73 Å². The zero-order valence-electron chi connectivity index (χ0n) is 8.52. The molecule has 0 radical (unpaired) electrons. The highest BCUT2D eigenvalue weighted by atomic mass is 79.9. The fraction of sp³-hybridized carbons (Fsp3) is 0. The summed E-state index contributed by atoms with van der Waals surface area (Å²) in [7, 11) is 0. The molecule has 0 bridgehead atoms. The van der Waals surface area contributed by atoms with Crippen LogP contribution in [0.5, 0.6) is 0 Å². The van der Waals surface area contributed by atoms with Gasteiger partial charge in [-0.2, -0.15) is 0 Å². The van der Waals surface area contributed by atoms with Gasteiger partial charge in [-0.15, -0.1) is 0 Å². The standard InChI is InChI=1S/C12H10BrN3/c1-8(9-5-3-2-4-6-9)11-12(14)15-7-10(13)16-11/h2-7H,1H2,(H2,14,15). The molecule has 0 saturated carbocycles. The first-order valence-electron chi connectivity index (χ1n) is 4.71. The number of rotatable bonds is 2. The van der Waals surface area contributed by atoms with Gasteiger partial charge in [-0.1, -0.05) is 36.9 Å². The highest BCUT2D eigenvalue weighted by Crippen LogP contribution is 2.24. The number of nitrogen functional groups attached to an aromatic ring is 1. The lowest BCUT2D eigenvalue weighted by molar-refractivity contribution is 1.14. The molecule has 0 unspecified atom stereocenters. The average molecular weight is 276 g/mol. The van der Waals surface area contributed by atoms with E-state index in [4.69, 9.17) is 5.73 Å². The van der Waals surface area contributed by atoms with Gasteiger partial charge in [-0.05, 0) is 21.5 Å². The predicted octanol–water partition coefficient (Wildman–Crippen LogP) is 2.88. The van der Waals surface area contributed by atoms with Crippen molar-refractivity contribution >= 4 is 27.3 Å². The number of aromatic nitrogens is 2. The summed E-state index contributed by atoms with van der Waals surface area (Å²) in [5.41, 5.74) is 8.14. The minimum Gasteiger partial charge on any atom is -0.382 e. The van der Waals surface area contributed by atoms with Gasteiger partial charge in [0, 0.05) is 5.57 Å². The smallest absolute Gasteiger partial charge is 0.150 e. The summed E-state index contributed by atoms with van der Waals surface area (Å²) < 4.78 is 0.647. The molecule has 1 aromatic carbocycles. The van der Waals surface area contributed by atoms with Crippen molar-refractivity contribution < 1.29 is 0 Å². The third kappa shape index (κ3) is 2.12. The SMILES string of the molecule is C=C(c1ccccc1)c1nc(Br)cnc1N. The summed E-state index contributed by atoms with van der Waals surface area (Å²) in [5.74, 6) is 0.386. The zero-order chi connectivity index (χ0) is 11.5. The molecule has 0 aliphatic carbocycles. The van der Waals surface area contributed by atoms with Crippen LogP contribution in [0.2, 0.25) is 0 Å². The van der Waals surface area contributed by atoms with E-state index in [0.29, 0.717) is 16.1 Å². The molecule has 2 rings (SSSR count). The van der Waals surface area contributed by atoms with Gasteiger partial charge in [0.15, 0.2) is 0 Å². The fourth-order valence-electron chi connectivity index (χ4n) is 1.38. The third-order valence-electron chi connectivity index (χ3n) is 2.18. The Morgan fingerprint density at radius 3 is 2.62 bits per heavy atom. The lowest BCUT2D eigenvalue weighted by Gasteiger charge is -2.07. The number of halogens is 1. The average Bonchev–Trinajstić information content (AvgIpc) is 2.32. The first kappa shape index (κ1) is 10.8. The summed E-state index contributed by atoms with van der Waals surface area (Å²) in [4.78, 5) is 8.31. The van der Waals surface area contributed by atoms with Crippen molar-refractivity contribution in [2.24, 2.45) is 0 Å². The molecular weight excluding hydrogens is 266 g/mol. The second-order valence-electron chi connectivity index (χ2n) is 3.27. The molecule has 0 aliphatic rings. The van der Waals surface area contributed by atoms with Gasteiger partial charge < -0.3 is 5.73 Å². The Hall–Kier alpha value is -1.68. The normalized spacial score (nSPS) is 10.1. The molecule has 4 heteroatoms. The fourth-order valence-corrected chi connectivity index (χ4v) is 1.65. The molecule has 3 nitrogen and oxygen atoms in total. The molecule has 0 fully saturated rings. The summed E-state index contributed by atoms with van der Waals surface area (Å²) in [6.07, 6.45) is 1.57. The topological polar surface area (TPSA) is 51.8 Å². The molecule has 80 valence electrons. The van der Waals surface area contributed by atoms with Crippen LogP contribution >= 0.6 is 15.9 Å². The van der Waals surface area contributed by atoms with Crippen molar-refractivity contribution in [1.29, 1.82) is 0 Å². The minimum absolute atomic E-state index is 0.386. The second kappa shape index (κ2) is 4.45. The molecule has 0 spiro atoms. The van der Waals surface area contributed by atoms with Crippen LogP contribution in [0.1, 0.15) is 11.3 Å². The number of anilines is 1. The molecule has 16 heavy (non-hydrogen) atoms. The van der Waals surface area contributed by atoms with Crippen LogP contribution in [0.15, 0.2) is 47.7 Å². The van der Waals surface area contributed by atoms with Crippen molar-refractivity contribution in [3.05, 3.63) is 59.0 Å². The highest BCUT2D eigenvalue weighted by molar-refractivity contribution is 9.10. The van der Waals surface area contributed by atoms with Gasteiger partial charge in [-0.3, -0.25) is 0 Å². The molecular formula is C12H10BrN3. The van der Waals surface area contributed by atoms with E-state index in [1.54, 1.807) is 6.20 Å². The Balaban J connectivity index is 2.46. The van der Waals surface area contributed by atoms with Crippen LogP contribution in [0, 0.1) is 0 Å². The summed E-state index contributed by atoms with van der Waals surface area (Å²) >= 11 is 3.27. The van der Waals surface area contributed by atoms with Crippen LogP contribution in [-0.4, -0.2) is 9.97 Å². The number of nitrogens with two attached hydrogens (primary N) is 1. The maximum absolute atomic E-state index is 5.77. The van der Waals surface area contributed by atoms with Crippen molar-refractivity contribution in [3.8, 4) is 0 Å². The van der Waals surface area contributed by atoms with Crippen molar-refractivity contribution in [2.75, 3.05) is 5.73 Å². The van der Waals surface area contributed by atoms with E-state index in [1.807, 2.05) is 30.3 Å². The number of hydrogen-bond acceptors (Lipinski definition) is 3. The van der Waals surface area contributed by atoms with E-state index in [-0.39, 0.29) is 0 Å². The van der Waals surface area contributed by atoms with E-state index in [1.165, 1.54) is 0 Å². The zero-order valence-corrected chi connectivity index (χ0v) is 10.1. The van der Waals surface area contributed by atoms with Crippen LogP contribution in [0.4, 0.5) is 5.82 Å². The highest BCUT2D eigenvalue weighted by Gasteiger charge is 2.09. The largest absolute Gasteiger partial charge is 0.382 e. The molecule has 0 amide bonds. The minimum atomic E-state index is 0.386. The van der Waals surface area contributed by atoms with Crippen LogP contribution in [0.3, 0.4) is 0 Å². The second-order valence-corrected chi connectivity index (χ2v) is 4.08. The van der Waals surface area contributed by atoms with E-state index >= 15 is 0 Å². The maximum atomic E-state index is 5.77. The first-order valence-corrected chi connectivity index (χ1v) is 5.50. The van der Waals surface area contributed by atoms with Gasteiger partial charge in [0.05, 0.1) is 6.20 Å². The van der Waals surface area contributed by atoms with Gasteiger partial charge >= 0.3 is 0 Å². The van der Waals surface area contributed by atoms with Crippen molar-refractivity contribution in [3.63, 3.8) is 0 Å². The molecule has 2 aromatic rings. The van der Waals surface area contributed by atoms with Gasteiger partial charge in [0.1, 0.15) is 16.1 Å². The maximum Gasteiger partial charge on any atom is 0.150 e. The van der Waals surface area contributed by atoms with E-state index in [0.717, 1.165) is 11.1 Å². The quantitative estimate of drug-likeness (QED) is 0.917. The Bertz CT molecular complexity index is 523. The van der Waals surface area contributed by atoms with Crippen LogP contribution in [-0.2, 0) is 0 Å². The molecule has 1 heterocycles. The number of benzene rings is 1. The summed E-state index contributed by atoms with van der Waals surface area (Å²) in [5, 5.41) is 0. The lowest BCUT2D eigenvalue weighted by atomic mass is 10.0. The molecule has 2 N–H and O–H groups in total. The summed E-state index contributed by atoms with van der Waals surface area (Å²) in [6.45, 7) is 3.99. The molecule has 1 aromatic heterocycles. The first-order chi connectivity index (χ1) is 7.68. The van der Waals surface area contributed by atoms with E-state index in [9.17, 15) is 0 Å². The lowest BCUT2D eigenvalue weighted by Crippen LogP contribution is -2.01. The van der Waals surface area contributed by atoms with Gasteiger partial charge in [0.2, 0.25) is 0 Å².